The van der Waals surface area contributed by atoms with Gasteiger partial charge in [0.1, 0.15) is 19.3 Å². The third-order valence-electron chi connectivity index (χ3n) is 6.34. The third-order valence-corrected chi connectivity index (χ3v) is 6.34. The Morgan fingerprint density at radius 2 is 1.66 bits per heavy atom. The van der Waals surface area contributed by atoms with Gasteiger partial charge in [-0.1, -0.05) is 36.4 Å². The lowest BCUT2D eigenvalue weighted by Crippen LogP contribution is -2.41. The lowest BCUT2D eigenvalue weighted by Gasteiger charge is -2.35. The highest BCUT2D eigenvalue weighted by atomic mass is 16.6. The third kappa shape index (κ3) is 3.60. The molecular formula is C24H28N2O3. The molecule has 3 aliphatic rings. The van der Waals surface area contributed by atoms with Crippen LogP contribution in [0, 0.1) is 0 Å². The fraction of sp³-hybridized carbons (Fsp3) is 0.458. The molecule has 1 amide bonds. The molecule has 3 heterocycles. The SMILES string of the molecule is O=C([C@@H](c1ccccc1)N1CCC[C@H]1c1ccc2c(c1)OCCO2)N1CCCC1. The molecule has 3 aliphatic heterocycles. The summed E-state index contributed by atoms with van der Waals surface area (Å²) in [6.07, 6.45) is 4.36. The standard InChI is InChI=1S/C24H28N2O3/c27-24(25-12-4-5-13-25)23(18-7-2-1-3-8-18)26-14-6-9-20(26)19-10-11-21-22(17-19)29-16-15-28-21/h1-3,7-8,10-11,17,20,23H,4-6,9,12-16H2/t20-,23+/m0/s1. The Balaban J connectivity index is 1.48. The quantitative estimate of drug-likeness (QED) is 0.790. The summed E-state index contributed by atoms with van der Waals surface area (Å²) in [4.78, 5) is 18.0. The van der Waals surface area contributed by atoms with Gasteiger partial charge in [0.25, 0.3) is 0 Å². The maximum Gasteiger partial charge on any atom is 0.244 e. The first kappa shape index (κ1) is 18.5. The summed E-state index contributed by atoms with van der Waals surface area (Å²) in [7, 11) is 0. The van der Waals surface area contributed by atoms with Crippen molar-refractivity contribution in [2.24, 2.45) is 0 Å². The molecule has 2 aromatic carbocycles. The maximum atomic E-state index is 13.6. The average molecular weight is 392 g/mol. The van der Waals surface area contributed by atoms with Gasteiger partial charge < -0.3 is 14.4 Å². The van der Waals surface area contributed by atoms with Crippen molar-refractivity contribution in [1.29, 1.82) is 0 Å². The predicted octanol–water partition coefficient (Wildman–Crippen LogP) is 3.96. The number of hydrogen-bond donors (Lipinski definition) is 0. The van der Waals surface area contributed by atoms with E-state index in [2.05, 4.69) is 34.1 Å². The van der Waals surface area contributed by atoms with Gasteiger partial charge >= 0.3 is 0 Å². The van der Waals surface area contributed by atoms with Crippen LogP contribution in [-0.2, 0) is 4.79 Å². The molecule has 0 bridgehead atoms. The molecular weight excluding hydrogens is 364 g/mol. The minimum absolute atomic E-state index is 0.211. The van der Waals surface area contributed by atoms with E-state index >= 15 is 0 Å². The fourth-order valence-corrected chi connectivity index (χ4v) is 4.94. The molecule has 29 heavy (non-hydrogen) atoms. The fourth-order valence-electron chi connectivity index (χ4n) is 4.94. The van der Waals surface area contributed by atoms with Crippen molar-refractivity contribution in [1.82, 2.24) is 9.80 Å². The van der Waals surface area contributed by atoms with Gasteiger partial charge in [-0.2, -0.15) is 0 Å². The van der Waals surface area contributed by atoms with Gasteiger partial charge in [0, 0.05) is 19.1 Å². The summed E-state index contributed by atoms with van der Waals surface area (Å²) >= 11 is 0. The van der Waals surface area contributed by atoms with Crippen LogP contribution >= 0.6 is 0 Å². The van der Waals surface area contributed by atoms with Crippen molar-refractivity contribution in [2.45, 2.75) is 37.8 Å². The second-order valence-corrected chi connectivity index (χ2v) is 8.14. The second-order valence-electron chi connectivity index (χ2n) is 8.14. The van der Waals surface area contributed by atoms with Crippen LogP contribution in [0.5, 0.6) is 11.5 Å². The summed E-state index contributed by atoms with van der Waals surface area (Å²) in [5.74, 6) is 1.89. The molecule has 0 aliphatic carbocycles. The maximum absolute atomic E-state index is 13.6. The zero-order chi connectivity index (χ0) is 19.6. The van der Waals surface area contributed by atoms with E-state index in [1.165, 1.54) is 5.56 Å². The number of rotatable bonds is 4. The van der Waals surface area contributed by atoms with E-state index in [1.54, 1.807) is 0 Å². The van der Waals surface area contributed by atoms with E-state index in [4.69, 9.17) is 9.47 Å². The van der Waals surface area contributed by atoms with E-state index in [0.717, 1.165) is 62.4 Å². The van der Waals surface area contributed by atoms with Gasteiger partial charge in [0.15, 0.2) is 11.5 Å². The minimum Gasteiger partial charge on any atom is -0.486 e. The normalized spacial score (nSPS) is 22.6. The smallest absolute Gasteiger partial charge is 0.244 e. The van der Waals surface area contributed by atoms with Crippen LogP contribution in [0.2, 0.25) is 0 Å². The number of likely N-dealkylation sites (tertiary alicyclic amines) is 2. The number of carbonyl (C=O) groups excluding carboxylic acids is 1. The molecule has 5 rings (SSSR count). The molecule has 5 nitrogen and oxygen atoms in total. The highest BCUT2D eigenvalue weighted by molar-refractivity contribution is 5.83. The Hall–Kier alpha value is -2.53. The number of ether oxygens (including phenoxy) is 2. The average Bonchev–Trinajstić information content (AvgIpc) is 3.47. The van der Waals surface area contributed by atoms with Crippen LogP contribution in [-0.4, -0.2) is 48.6 Å². The Kier molecular flexibility index (Phi) is 5.15. The first-order chi connectivity index (χ1) is 14.3. The predicted molar refractivity (Wildman–Crippen MR) is 111 cm³/mol. The summed E-state index contributed by atoms with van der Waals surface area (Å²) in [6, 6.07) is 16.5. The van der Waals surface area contributed by atoms with Crippen molar-refractivity contribution in [3.8, 4) is 11.5 Å². The van der Waals surface area contributed by atoms with E-state index in [1.807, 2.05) is 24.3 Å². The van der Waals surface area contributed by atoms with Gasteiger partial charge in [-0.25, -0.2) is 0 Å². The monoisotopic (exact) mass is 392 g/mol. The van der Waals surface area contributed by atoms with Gasteiger partial charge in [-0.15, -0.1) is 0 Å². The molecule has 152 valence electrons. The number of hydrogen-bond acceptors (Lipinski definition) is 4. The summed E-state index contributed by atoms with van der Waals surface area (Å²) in [5.41, 5.74) is 2.30. The molecule has 2 atom stereocenters. The van der Waals surface area contributed by atoms with Gasteiger partial charge in [0.05, 0.1) is 0 Å². The number of benzene rings is 2. The molecule has 0 spiro atoms. The van der Waals surface area contributed by atoms with Gasteiger partial charge in [-0.05, 0) is 55.5 Å². The lowest BCUT2D eigenvalue weighted by atomic mass is 9.98. The van der Waals surface area contributed by atoms with E-state index < -0.39 is 0 Å². The Labute approximate surface area is 172 Å². The molecule has 0 aromatic heterocycles. The van der Waals surface area contributed by atoms with Crippen molar-refractivity contribution in [2.75, 3.05) is 32.8 Å². The number of carbonyl (C=O) groups is 1. The van der Waals surface area contributed by atoms with Crippen LogP contribution in [0.3, 0.4) is 0 Å². The lowest BCUT2D eigenvalue weighted by molar-refractivity contribution is -0.136. The second kappa shape index (κ2) is 8.07. The molecule has 0 radical (unpaired) electrons. The van der Waals surface area contributed by atoms with Crippen LogP contribution in [0.15, 0.2) is 48.5 Å². The van der Waals surface area contributed by atoms with Gasteiger partial charge in [-0.3, -0.25) is 9.69 Å². The minimum atomic E-state index is -0.227. The van der Waals surface area contributed by atoms with Crippen molar-refractivity contribution < 1.29 is 14.3 Å². The van der Waals surface area contributed by atoms with E-state index in [-0.39, 0.29) is 18.0 Å². The van der Waals surface area contributed by atoms with E-state index in [9.17, 15) is 4.79 Å². The first-order valence-electron chi connectivity index (χ1n) is 10.8. The molecule has 0 unspecified atom stereocenters. The van der Waals surface area contributed by atoms with Crippen molar-refractivity contribution in [3.63, 3.8) is 0 Å². The zero-order valence-corrected chi connectivity index (χ0v) is 16.8. The molecule has 2 saturated heterocycles. The van der Waals surface area contributed by atoms with E-state index in [0.29, 0.717) is 13.2 Å². The van der Waals surface area contributed by atoms with Crippen LogP contribution in [0.1, 0.15) is 48.9 Å². The van der Waals surface area contributed by atoms with Gasteiger partial charge in [0.2, 0.25) is 5.91 Å². The molecule has 2 aromatic rings. The summed E-state index contributed by atoms with van der Waals surface area (Å²) in [6.45, 7) is 3.88. The van der Waals surface area contributed by atoms with Crippen LogP contribution in [0.4, 0.5) is 0 Å². The summed E-state index contributed by atoms with van der Waals surface area (Å²) < 4.78 is 11.5. The summed E-state index contributed by atoms with van der Waals surface area (Å²) in [5, 5.41) is 0. The van der Waals surface area contributed by atoms with Crippen LogP contribution < -0.4 is 9.47 Å². The molecule has 0 N–H and O–H groups in total. The number of amides is 1. The highest BCUT2D eigenvalue weighted by Crippen LogP contribution is 2.42. The zero-order valence-electron chi connectivity index (χ0n) is 16.8. The van der Waals surface area contributed by atoms with Crippen molar-refractivity contribution in [3.05, 3.63) is 59.7 Å². The molecule has 5 heteroatoms. The van der Waals surface area contributed by atoms with Crippen molar-refractivity contribution >= 4 is 5.91 Å². The Bertz CT molecular complexity index is 864. The Morgan fingerprint density at radius 3 is 2.45 bits per heavy atom. The first-order valence-corrected chi connectivity index (χ1v) is 10.8. The molecule has 0 saturated carbocycles. The van der Waals surface area contributed by atoms with Crippen LogP contribution in [0.25, 0.3) is 0 Å². The highest BCUT2D eigenvalue weighted by Gasteiger charge is 2.39. The largest absolute Gasteiger partial charge is 0.486 e. The Morgan fingerprint density at radius 1 is 0.897 bits per heavy atom. The number of nitrogens with zero attached hydrogens (tertiary/aromatic N) is 2. The number of fused-ring (bicyclic) bond motifs is 1. The topological polar surface area (TPSA) is 42.0 Å². The molecule has 2 fully saturated rings.